The van der Waals surface area contributed by atoms with Crippen molar-refractivity contribution in [1.29, 1.82) is 0 Å². The highest BCUT2D eigenvalue weighted by Crippen LogP contribution is 2.32. The van der Waals surface area contributed by atoms with Gasteiger partial charge < -0.3 is 10.3 Å². The van der Waals surface area contributed by atoms with E-state index in [0.717, 1.165) is 33.9 Å². The standard InChI is InChI=1S/C23H21N2O/c1-14-7-10-18-21(11-14)25(13-17-9-8-15(2)16(3)12-17)20-6-4-5-19(22(18)20)23(24)26/h4-9,11-12H,13H2,1-3H3,(H2,24,26). The lowest BCUT2D eigenvalue weighted by molar-refractivity contribution is 0.100. The van der Waals surface area contributed by atoms with Crippen LogP contribution in [0.15, 0.2) is 48.5 Å². The molecule has 0 aliphatic heterocycles. The second-order valence-electron chi connectivity index (χ2n) is 7.01. The predicted octanol–water partition coefficient (Wildman–Crippen LogP) is 4.67. The van der Waals surface area contributed by atoms with Crippen molar-refractivity contribution < 1.29 is 4.79 Å². The van der Waals surface area contributed by atoms with Crippen LogP contribution in [0, 0.1) is 26.8 Å². The summed E-state index contributed by atoms with van der Waals surface area (Å²) in [6.07, 6.45) is 0. The van der Waals surface area contributed by atoms with Gasteiger partial charge in [0.05, 0.1) is 11.0 Å². The number of aromatic nitrogens is 1. The Morgan fingerprint density at radius 1 is 1.04 bits per heavy atom. The third-order valence-corrected chi connectivity index (χ3v) is 5.12. The van der Waals surface area contributed by atoms with Crippen LogP contribution in [0.1, 0.15) is 32.6 Å². The zero-order valence-electron chi connectivity index (χ0n) is 15.3. The Hall–Kier alpha value is -3.07. The van der Waals surface area contributed by atoms with E-state index >= 15 is 0 Å². The molecule has 4 aromatic rings. The molecule has 0 atom stereocenters. The van der Waals surface area contributed by atoms with E-state index in [-0.39, 0.29) is 0 Å². The first-order chi connectivity index (χ1) is 12.5. The van der Waals surface area contributed by atoms with Gasteiger partial charge in [-0.3, -0.25) is 4.79 Å². The highest BCUT2D eigenvalue weighted by molar-refractivity contribution is 6.17. The maximum Gasteiger partial charge on any atom is 0.249 e. The molecule has 1 aromatic heterocycles. The average Bonchev–Trinajstić information content (AvgIpc) is 2.91. The number of carbonyl (C=O) groups excluding carboxylic acids is 1. The highest BCUT2D eigenvalue weighted by Gasteiger charge is 2.16. The molecule has 129 valence electrons. The fraction of sp³-hybridized carbons (Fsp3) is 0.174. The molecular formula is C23H21N2O. The molecule has 0 saturated heterocycles. The lowest BCUT2D eigenvalue weighted by Crippen LogP contribution is -2.11. The van der Waals surface area contributed by atoms with Gasteiger partial charge >= 0.3 is 0 Å². The second-order valence-corrected chi connectivity index (χ2v) is 7.01. The minimum Gasteiger partial charge on any atom is -0.366 e. The van der Waals surface area contributed by atoms with Crippen molar-refractivity contribution in [1.82, 2.24) is 4.57 Å². The molecule has 1 amide bonds. The van der Waals surface area contributed by atoms with Gasteiger partial charge in [0.1, 0.15) is 0 Å². The van der Waals surface area contributed by atoms with Crippen LogP contribution in [-0.4, -0.2) is 10.5 Å². The van der Waals surface area contributed by atoms with E-state index in [1.165, 1.54) is 16.7 Å². The Balaban J connectivity index is 2.03. The zero-order valence-corrected chi connectivity index (χ0v) is 15.3. The van der Waals surface area contributed by atoms with E-state index < -0.39 is 5.91 Å². The topological polar surface area (TPSA) is 48.0 Å². The number of hydrogen-bond donors (Lipinski definition) is 1. The van der Waals surface area contributed by atoms with Gasteiger partial charge in [-0.25, -0.2) is 0 Å². The molecule has 3 heteroatoms. The van der Waals surface area contributed by atoms with E-state index in [1.54, 1.807) is 6.07 Å². The fourth-order valence-corrected chi connectivity index (χ4v) is 3.62. The summed E-state index contributed by atoms with van der Waals surface area (Å²) in [4.78, 5) is 12.0. The van der Waals surface area contributed by atoms with Gasteiger partial charge in [-0.1, -0.05) is 30.3 Å². The fourth-order valence-electron chi connectivity index (χ4n) is 3.62. The molecule has 0 unspecified atom stereocenters. The number of primary amides is 1. The Morgan fingerprint density at radius 2 is 1.85 bits per heavy atom. The van der Waals surface area contributed by atoms with Gasteiger partial charge in [0.15, 0.2) is 0 Å². The Morgan fingerprint density at radius 3 is 2.58 bits per heavy atom. The molecule has 0 saturated carbocycles. The van der Waals surface area contributed by atoms with Gasteiger partial charge in [-0.15, -0.1) is 0 Å². The van der Waals surface area contributed by atoms with E-state index in [2.05, 4.69) is 55.7 Å². The van der Waals surface area contributed by atoms with E-state index in [1.807, 2.05) is 18.2 Å². The Bertz CT molecular complexity index is 1170. The van der Waals surface area contributed by atoms with Crippen LogP contribution in [0.25, 0.3) is 21.8 Å². The third-order valence-electron chi connectivity index (χ3n) is 5.12. The molecule has 0 spiro atoms. The van der Waals surface area contributed by atoms with Crippen LogP contribution in [-0.2, 0) is 6.54 Å². The Kier molecular flexibility index (Phi) is 3.80. The minimum atomic E-state index is -0.408. The van der Waals surface area contributed by atoms with Gasteiger partial charge in [0.2, 0.25) is 5.91 Å². The second kappa shape index (κ2) is 6.03. The largest absolute Gasteiger partial charge is 0.366 e. The third kappa shape index (κ3) is 2.57. The van der Waals surface area contributed by atoms with Crippen LogP contribution in [0.3, 0.4) is 0 Å². The molecule has 0 fully saturated rings. The summed E-state index contributed by atoms with van der Waals surface area (Å²) in [5.41, 5.74) is 13.2. The number of benzene rings is 3. The van der Waals surface area contributed by atoms with Crippen LogP contribution in [0.5, 0.6) is 0 Å². The number of fused-ring (bicyclic) bond motifs is 3. The van der Waals surface area contributed by atoms with Crippen molar-refractivity contribution in [3.63, 3.8) is 0 Å². The number of carbonyl (C=O) groups is 1. The first-order valence-electron chi connectivity index (χ1n) is 8.75. The normalized spacial score (nSPS) is 11.3. The van der Waals surface area contributed by atoms with Crippen LogP contribution >= 0.6 is 0 Å². The maximum atomic E-state index is 12.0. The molecule has 0 aliphatic carbocycles. The molecule has 2 N–H and O–H groups in total. The van der Waals surface area contributed by atoms with Crippen molar-refractivity contribution in [2.24, 2.45) is 5.73 Å². The number of aryl methyl sites for hydroxylation is 3. The first kappa shape index (κ1) is 16.4. The van der Waals surface area contributed by atoms with Gasteiger partial charge in [0, 0.05) is 22.9 Å². The van der Waals surface area contributed by atoms with E-state index in [0.29, 0.717) is 5.56 Å². The average molecular weight is 341 g/mol. The molecule has 0 bridgehead atoms. The van der Waals surface area contributed by atoms with Gasteiger partial charge in [0.25, 0.3) is 0 Å². The van der Waals surface area contributed by atoms with Crippen molar-refractivity contribution in [3.05, 3.63) is 82.4 Å². The summed E-state index contributed by atoms with van der Waals surface area (Å²) < 4.78 is 2.25. The number of nitrogens with zero attached hydrogens (tertiary/aromatic N) is 1. The molecule has 3 nitrogen and oxygen atoms in total. The molecule has 1 heterocycles. The summed E-state index contributed by atoms with van der Waals surface area (Å²) in [6, 6.07) is 19.7. The van der Waals surface area contributed by atoms with E-state index in [9.17, 15) is 4.79 Å². The van der Waals surface area contributed by atoms with Crippen LogP contribution < -0.4 is 5.73 Å². The summed E-state index contributed by atoms with van der Waals surface area (Å²) in [6.45, 7) is 7.05. The summed E-state index contributed by atoms with van der Waals surface area (Å²) in [5.74, 6) is -0.408. The Labute approximate surface area is 153 Å². The number of rotatable bonds is 3. The van der Waals surface area contributed by atoms with Crippen molar-refractivity contribution in [2.45, 2.75) is 27.3 Å². The SMILES string of the molecule is Cc1c[c]c2c3c(C(N)=O)cccc3n(Cc3ccc(C)c(C)c3)c2c1. The van der Waals surface area contributed by atoms with Crippen molar-refractivity contribution in [3.8, 4) is 0 Å². The quantitative estimate of drug-likeness (QED) is 0.578. The first-order valence-corrected chi connectivity index (χ1v) is 8.75. The lowest BCUT2D eigenvalue weighted by atomic mass is 10.1. The smallest absolute Gasteiger partial charge is 0.249 e. The van der Waals surface area contributed by atoms with E-state index in [4.69, 9.17) is 5.73 Å². The number of nitrogens with two attached hydrogens (primary N) is 1. The lowest BCUT2D eigenvalue weighted by Gasteiger charge is -2.10. The van der Waals surface area contributed by atoms with Crippen molar-refractivity contribution >= 4 is 27.7 Å². The predicted molar refractivity (Wildman–Crippen MR) is 107 cm³/mol. The summed E-state index contributed by atoms with van der Waals surface area (Å²) in [7, 11) is 0. The molecule has 3 aromatic carbocycles. The summed E-state index contributed by atoms with van der Waals surface area (Å²) in [5, 5.41) is 1.84. The highest BCUT2D eigenvalue weighted by atomic mass is 16.1. The van der Waals surface area contributed by atoms with Crippen LogP contribution in [0.2, 0.25) is 0 Å². The number of hydrogen-bond acceptors (Lipinski definition) is 1. The minimum absolute atomic E-state index is 0.408. The van der Waals surface area contributed by atoms with Gasteiger partial charge in [-0.2, -0.15) is 0 Å². The summed E-state index contributed by atoms with van der Waals surface area (Å²) >= 11 is 0. The molecular weight excluding hydrogens is 320 g/mol. The molecule has 4 rings (SSSR count). The molecule has 26 heavy (non-hydrogen) atoms. The zero-order chi connectivity index (χ0) is 18.4. The maximum absolute atomic E-state index is 12.0. The van der Waals surface area contributed by atoms with Gasteiger partial charge in [-0.05, 0) is 67.3 Å². The number of amides is 1. The van der Waals surface area contributed by atoms with Crippen molar-refractivity contribution in [2.75, 3.05) is 0 Å². The monoisotopic (exact) mass is 341 g/mol. The van der Waals surface area contributed by atoms with Crippen LogP contribution in [0.4, 0.5) is 0 Å². The molecule has 1 radical (unpaired) electrons. The molecule has 0 aliphatic rings.